The van der Waals surface area contributed by atoms with Crippen LogP contribution >= 0.6 is 0 Å². The Labute approximate surface area is 98.5 Å². The van der Waals surface area contributed by atoms with E-state index in [1.807, 2.05) is 27.7 Å². The molecule has 3 heteroatoms. The highest BCUT2D eigenvalue weighted by Crippen LogP contribution is 2.27. The monoisotopic (exact) mass is 228 g/mol. The van der Waals surface area contributed by atoms with Gasteiger partial charge in [-0.3, -0.25) is 4.79 Å². The Morgan fingerprint density at radius 3 is 2.25 bits per heavy atom. The molecule has 1 fully saturated rings. The average molecular weight is 228 g/mol. The third kappa shape index (κ3) is 4.52. The Morgan fingerprint density at radius 1 is 1.19 bits per heavy atom. The van der Waals surface area contributed by atoms with Gasteiger partial charge in [-0.1, -0.05) is 13.3 Å². The lowest BCUT2D eigenvalue weighted by atomic mass is 9.94. The molecule has 1 saturated carbocycles. The molecule has 0 spiro atoms. The maximum atomic E-state index is 11.3. The van der Waals surface area contributed by atoms with Gasteiger partial charge in [-0.05, 0) is 40.0 Å². The first-order valence-electron chi connectivity index (χ1n) is 6.29. The summed E-state index contributed by atoms with van der Waals surface area (Å²) in [5.74, 6) is -0.116. The SMILES string of the molecule is CCC(=O)OC1CCCCC1OC(C)(C)C. The molecule has 0 aromatic heterocycles. The van der Waals surface area contributed by atoms with Crippen LogP contribution in [0.15, 0.2) is 0 Å². The summed E-state index contributed by atoms with van der Waals surface area (Å²) in [4.78, 5) is 11.3. The van der Waals surface area contributed by atoms with Crippen molar-refractivity contribution in [1.29, 1.82) is 0 Å². The third-order valence-corrected chi connectivity index (χ3v) is 2.72. The Kier molecular flexibility index (Phi) is 4.78. The molecule has 0 heterocycles. The normalized spacial score (nSPS) is 26.5. The van der Waals surface area contributed by atoms with Crippen LogP contribution in [0.3, 0.4) is 0 Å². The van der Waals surface area contributed by atoms with Gasteiger partial charge in [-0.15, -0.1) is 0 Å². The summed E-state index contributed by atoms with van der Waals surface area (Å²) in [6.45, 7) is 7.95. The Balaban J connectivity index is 2.53. The maximum absolute atomic E-state index is 11.3. The minimum Gasteiger partial charge on any atom is -0.460 e. The fourth-order valence-corrected chi connectivity index (χ4v) is 2.04. The van der Waals surface area contributed by atoms with Crippen LogP contribution in [0, 0.1) is 0 Å². The van der Waals surface area contributed by atoms with Gasteiger partial charge >= 0.3 is 5.97 Å². The van der Waals surface area contributed by atoms with Gasteiger partial charge in [0.2, 0.25) is 0 Å². The van der Waals surface area contributed by atoms with E-state index in [0.29, 0.717) is 6.42 Å². The molecule has 0 aromatic rings. The molecule has 16 heavy (non-hydrogen) atoms. The van der Waals surface area contributed by atoms with Crippen molar-refractivity contribution < 1.29 is 14.3 Å². The summed E-state index contributed by atoms with van der Waals surface area (Å²) < 4.78 is 11.4. The molecule has 1 aliphatic carbocycles. The minimum atomic E-state index is -0.168. The second-order valence-electron chi connectivity index (χ2n) is 5.43. The molecule has 0 saturated heterocycles. The molecule has 0 bridgehead atoms. The van der Waals surface area contributed by atoms with Gasteiger partial charge in [0, 0.05) is 6.42 Å². The molecule has 2 atom stereocenters. The first-order chi connectivity index (χ1) is 7.42. The number of hydrogen-bond donors (Lipinski definition) is 0. The van der Waals surface area contributed by atoms with Crippen molar-refractivity contribution in [3.05, 3.63) is 0 Å². The van der Waals surface area contributed by atoms with E-state index in [1.54, 1.807) is 0 Å². The predicted molar refractivity (Wildman–Crippen MR) is 63.3 cm³/mol. The van der Waals surface area contributed by atoms with E-state index in [2.05, 4.69) is 0 Å². The van der Waals surface area contributed by atoms with Crippen LogP contribution in [0.25, 0.3) is 0 Å². The van der Waals surface area contributed by atoms with E-state index in [1.165, 1.54) is 6.42 Å². The third-order valence-electron chi connectivity index (χ3n) is 2.72. The Hall–Kier alpha value is -0.570. The van der Waals surface area contributed by atoms with Gasteiger partial charge < -0.3 is 9.47 Å². The van der Waals surface area contributed by atoms with Crippen LogP contribution in [0.5, 0.6) is 0 Å². The number of carbonyl (C=O) groups excluding carboxylic acids is 1. The molecule has 0 aliphatic heterocycles. The highest BCUT2D eigenvalue weighted by molar-refractivity contribution is 5.69. The average Bonchev–Trinajstić information content (AvgIpc) is 2.18. The van der Waals surface area contributed by atoms with Crippen molar-refractivity contribution in [2.24, 2.45) is 0 Å². The molecule has 94 valence electrons. The van der Waals surface area contributed by atoms with Crippen molar-refractivity contribution in [1.82, 2.24) is 0 Å². The number of carbonyl (C=O) groups is 1. The van der Waals surface area contributed by atoms with E-state index in [-0.39, 0.29) is 23.8 Å². The summed E-state index contributed by atoms with van der Waals surface area (Å²) in [6, 6.07) is 0. The highest BCUT2D eigenvalue weighted by atomic mass is 16.6. The van der Waals surface area contributed by atoms with Gasteiger partial charge in [0.25, 0.3) is 0 Å². The minimum absolute atomic E-state index is 0.0413. The van der Waals surface area contributed by atoms with Gasteiger partial charge in [0.1, 0.15) is 6.10 Å². The van der Waals surface area contributed by atoms with Crippen molar-refractivity contribution in [2.75, 3.05) is 0 Å². The number of hydrogen-bond acceptors (Lipinski definition) is 3. The van der Waals surface area contributed by atoms with Crippen LogP contribution in [0.4, 0.5) is 0 Å². The summed E-state index contributed by atoms with van der Waals surface area (Å²) in [5, 5.41) is 0. The fraction of sp³-hybridized carbons (Fsp3) is 0.923. The molecule has 1 aliphatic rings. The smallest absolute Gasteiger partial charge is 0.305 e. The molecule has 0 aromatic carbocycles. The lowest BCUT2D eigenvalue weighted by Crippen LogP contribution is -2.40. The number of ether oxygens (including phenoxy) is 2. The van der Waals surface area contributed by atoms with Crippen LogP contribution < -0.4 is 0 Å². The highest BCUT2D eigenvalue weighted by Gasteiger charge is 2.31. The van der Waals surface area contributed by atoms with Crippen molar-refractivity contribution in [3.63, 3.8) is 0 Å². The van der Waals surface area contributed by atoms with Gasteiger partial charge in [0.15, 0.2) is 0 Å². The zero-order chi connectivity index (χ0) is 12.2. The summed E-state index contributed by atoms with van der Waals surface area (Å²) in [7, 11) is 0. The maximum Gasteiger partial charge on any atom is 0.305 e. The molecule has 0 N–H and O–H groups in total. The molecule has 2 unspecified atom stereocenters. The van der Waals surface area contributed by atoms with E-state index >= 15 is 0 Å². The van der Waals surface area contributed by atoms with E-state index < -0.39 is 0 Å². The van der Waals surface area contributed by atoms with E-state index in [4.69, 9.17) is 9.47 Å². The molecular weight excluding hydrogens is 204 g/mol. The van der Waals surface area contributed by atoms with Crippen LogP contribution in [-0.2, 0) is 14.3 Å². The molecule has 0 radical (unpaired) electrons. The molecule has 1 rings (SSSR count). The first-order valence-corrected chi connectivity index (χ1v) is 6.29. The van der Waals surface area contributed by atoms with Crippen LogP contribution in [-0.4, -0.2) is 23.8 Å². The van der Waals surface area contributed by atoms with E-state index in [9.17, 15) is 4.79 Å². The Bertz CT molecular complexity index is 230. The van der Waals surface area contributed by atoms with Crippen LogP contribution in [0.2, 0.25) is 0 Å². The van der Waals surface area contributed by atoms with Gasteiger partial charge in [-0.2, -0.15) is 0 Å². The van der Waals surface area contributed by atoms with Crippen LogP contribution in [0.1, 0.15) is 59.8 Å². The second kappa shape index (κ2) is 5.67. The standard InChI is InChI=1S/C13H24O3/c1-5-12(14)15-10-8-6-7-9-11(10)16-13(2,3)4/h10-11H,5-9H2,1-4H3. The van der Waals surface area contributed by atoms with Gasteiger partial charge in [-0.25, -0.2) is 0 Å². The fourth-order valence-electron chi connectivity index (χ4n) is 2.04. The summed E-state index contributed by atoms with van der Waals surface area (Å²) >= 11 is 0. The molecular formula is C13H24O3. The summed E-state index contributed by atoms with van der Waals surface area (Å²) in [5.41, 5.74) is -0.168. The predicted octanol–water partition coefficient (Wildman–Crippen LogP) is 3.07. The van der Waals surface area contributed by atoms with Gasteiger partial charge in [0.05, 0.1) is 11.7 Å². The zero-order valence-electron chi connectivity index (χ0n) is 10.9. The zero-order valence-corrected chi connectivity index (χ0v) is 10.9. The Morgan fingerprint density at radius 2 is 1.75 bits per heavy atom. The second-order valence-corrected chi connectivity index (χ2v) is 5.43. The largest absolute Gasteiger partial charge is 0.460 e. The number of esters is 1. The lowest BCUT2D eigenvalue weighted by Gasteiger charge is -2.35. The lowest BCUT2D eigenvalue weighted by molar-refractivity contribution is -0.171. The van der Waals surface area contributed by atoms with Crippen molar-refractivity contribution in [2.45, 2.75) is 77.6 Å². The quantitative estimate of drug-likeness (QED) is 0.696. The van der Waals surface area contributed by atoms with Crippen molar-refractivity contribution >= 4 is 5.97 Å². The summed E-state index contributed by atoms with van der Waals surface area (Å²) in [6.07, 6.45) is 4.71. The first kappa shape index (κ1) is 13.5. The number of rotatable bonds is 3. The molecule has 3 nitrogen and oxygen atoms in total. The van der Waals surface area contributed by atoms with Crippen molar-refractivity contribution in [3.8, 4) is 0 Å². The molecule has 0 amide bonds. The van der Waals surface area contributed by atoms with E-state index in [0.717, 1.165) is 19.3 Å². The topological polar surface area (TPSA) is 35.5 Å².